The van der Waals surface area contributed by atoms with Gasteiger partial charge in [0.05, 0.1) is 12.5 Å². The van der Waals surface area contributed by atoms with Crippen LogP contribution in [0, 0.1) is 5.92 Å². The number of hydrogen-bond acceptors (Lipinski definition) is 2. The average Bonchev–Trinajstić information content (AvgIpc) is 2.20. The Bertz CT molecular complexity index is 321. The van der Waals surface area contributed by atoms with Crippen molar-refractivity contribution in [2.24, 2.45) is 5.92 Å². The maximum atomic E-state index is 10.9. The van der Waals surface area contributed by atoms with Crippen molar-refractivity contribution in [1.82, 2.24) is 0 Å². The first-order chi connectivity index (χ1) is 7.13. The van der Waals surface area contributed by atoms with Gasteiger partial charge in [0.15, 0.2) is 0 Å². The first-order valence-electron chi connectivity index (χ1n) is 4.59. The Morgan fingerprint density at radius 1 is 1.47 bits per heavy atom. The van der Waals surface area contributed by atoms with Gasteiger partial charge in [-0.1, -0.05) is 28.1 Å². The molecule has 0 aromatic heterocycles. The molecule has 1 rings (SSSR count). The van der Waals surface area contributed by atoms with Crippen LogP contribution in [-0.4, -0.2) is 24.8 Å². The van der Waals surface area contributed by atoms with Crippen LogP contribution in [0.4, 0.5) is 0 Å². The molecule has 0 spiro atoms. The van der Waals surface area contributed by atoms with Crippen LogP contribution in [0.15, 0.2) is 28.7 Å². The summed E-state index contributed by atoms with van der Waals surface area (Å²) in [5.41, 5.74) is 1.00. The number of rotatable bonds is 5. The zero-order valence-corrected chi connectivity index (χ0v) is 10.0. The van der Waals surface area contributed by atoms with Crippen LogP contribution in [-0.2, 0) is 16.0 Å². The number of carboxylic acids is 1. The SMILES string of the molecule is COCC(Cc1ccc(Br)cc1)C(=O)O. The van der Waals surface area contributed by atoms with Gasteiger partial charge in [0, 0.05) is 11.6 Å². The molecule has 0 aliphatic carbocycles. The van der Waals surface area contributed by atoms with Crippen LogP contribution in [0.25, 0.3) is 0 Å². The van der Waals surface area contributed by atoms with Crippen molar-refractivity contribution in [3.05, 3.63) is 34.3 Å². The summed E-state index contributed by atoms with van der Waals surface area (Å²) in [6, 6.07) is 7.63. The summed E-state index contributed by atoms with van der Waals surface area (Å²) >= 11 is 3.33. The third kappa shape index (κ3) is 4.01. The fourth-order valence-electron chi connectivity index (χ4n) is 1.32. The smallest absolute Gasteiger partial charge is 0.309 e. The molecule has 3 nitrogen and oxygen atoms in total. The van der Waals surface area contributed by atoms with E-state index in [9.17, 15) is 4.79 Å². The molecular weight excluding hydrogens is 260 g/mol. The summed E-state index contributed by atoms with van der Waals surface area (Å²) in [6.07, 6.45) is 0.496. The molecule has 0 fully saturated rings. The molecule has 0 amide bonds. The first kappa shape index (κ1) is 12.2. The van der Waals surface area contributed by atoms with Gasteiger partial charge >= 0.3 is 5.97 Å². The Morgan fingerprint density at radius 2 is 2.07 bits per heavy atom. The van der Waals surface area contributed by atoms with E-state index in [-0.39, 0.29) is 6.61 Å². The van der Waals surface area contributed by atoms with Gasteiger partial charge in [0.25, 0.3) is 0 Å². The topological polar surface area (TPSA) is 46.5 Å². The van der Waals surface area contributed by atoms with Gasteiger partial charge < -0.3 is 9.84 Å². The first-order valence-corrected chi connectivity index (χ1v) is 5.39. The van der Waals surface area contributed by atoms with Crippen LogP contribution in [0.1, 0.15) is 5.56 Å². The minimum absolute atomic E-state index is 0.241. The number of benzene rings is 1. The second kappa shape index (κ2) is 5.88. The number of aliphatic carboxylic acids is 1. The lowest BCUT2D eigenvalue weighted by Crippen LogP contribution is -2.21. The quantitative estimate of drug-likeness (QED) is 0.895. The van der Waals surface area contributed by atoms with Gasteiger partial charge in [-0.25, -0.2) is 0 Å². The zero-order valence-electron chi connectivity index (χ0n) is 8.44. The van der Waals surface area contributed by atoms with Gasteiger partial charge in [0.1, 0.15) is 0 Å². The lowest BCUT2D eigenvalue weighted by atomic mass is 10.0. The summed E-state index contributed by atoms with van der Waals surface area (Å²) in [5.74, 6) is -1.30. The van der Waals surface area contributed by atoms with Gasteiger partial charge in [-0.2, -0.15) is 0 Å². The molecular formula is C11H13BrO3. The minimum atomic E-state index is -0.820. The van der Waals surface area contributed by atoms with Crippen molar-refractivity contribution < 1.29 is 14.6 Å². The molecule has 15 heavy (non-hydrogen) atoms. The molecule has 82 valence electrons. The second-order valence-corrected chi connectivity index (χ2v) is 4.24. The van der Waals surface area contributed by atoms with Crippen molar-refractivity contribution in [2.45, 2.75) is 6.42 Å². The van der Waals surface area contributed by atoms with E-state index in [2.05, 4.69) is 15.9 Å². The van der Waals surface area contributed by atoms with Crippen molar-refractivity contribution in [2.75, 3.05) is 13.7 Å². The summed E-state index contributed by atoms with van der Waals surface area (Å²) in [5, 5.41) is 8.93. The molecule has 1 N–H and O–H groups in total. The molecule has 0 saturated heterocycles. The summed E-state index contributed by atoms with van der Waals surface area (Å²) in [6.45, 7) is 0.241. The van der Waals surface area contributed by atoms with E-state index in [1.54, 1.807) is 0 Å². The Labute approximate surface area is 97.2 Å². The normalized spacial score (nSPS) is 12.4. The maximum absolute atomic E-state index is 10.9. The molecule has 1 atom stereocenters. The average molecular weight is 273 g/mol. The Balaban J connectivity index is 2.65. The zero-order chi connectivity index (χ0) is 11.3. The van der Waals surface area contributed by atoms with Crippen LogP contribution in [0.2, 0.25) is 0 Å². The third-order valence-corrected chi connectivity index (χ3v) is 2.64. The molecule has 1 aromatic rings. The molecule has 4 heteroatoms. The minimum Gasteiger partial charge on any atom is -0.481 e. The largest absolute Gasteiger partial charge is 0.481 e. The van der Waals surface area contributed by atoms with Crippen molar-refractivity contribution in [3.8, 4) is 0 Å². The lowest BCUT2D eigenvalue weighted by molar-refractivity contribution is -0.143. The fourth-order valence-corrected chi connectivity index (χ4v) is 1.59. The van der Waals surface area contributed by atoms with Crippen LogP contribution in [0.5, 0.6) is 0 Å². The van der Waals surface area contributed by atoms with Gasteiger partial charge in [0.2, 0.25) is 0 Å². The number of methoxy groups -OCH3 is 1. The highest BCUT2D eigenvalue weighted by atomic mass is 79.9. The molecule has 0 bridgehead atoms. The molecule has 0 aliphatic rings. The van der Waals surface area contributed by atoms with E-state index in [1.807, 2.05) is 24.3 Å². The number of hydrogen-bond donors (Lipinski definition) is 1. The highest BCUT2D eigenvalue weighted by Gasteiger charge is 2.17. The maximum Gasteiger partial charge on any atom is 0.309 e. The van der Waals surface area contributed by atoms with E-state index in [4.69, 9.17) is 9.84 Å². The molecule has 0 heterocycles. The Kier molecular flexibility index (Phi) is 4.78. The van der Waals surface area contributed by atoms with Crippen LogP contribution >= 0.6 is 15.9 Å². The number of halogens is 1. The predicted molar refractivity (Wildman–Crippen MR) is 60.8 cm³/mol. The summed E-state index contributed by atoms with van der Waals surface area (Å²) < 4.78 is 5.86. The van der Waals surface area contributed by atoms with E-state index >= 15 is 0 Å². The van der Waals surface area contributed by atoms with Crippen LogP contribution < -0.4 is 0 Å². The monoisotopic (exact) mass is 272 g/mol. The number of ether oxygens (including phenoxy) is 1. The molecule has 0 radical (unpaired) electrons. The number of carboxylic acid groups (broad SMARTS) is 1. The second-order valence-electron chi connectivity index (χ2n) is 3.32. The highest BCUT2D eigenvalue weighted by Crippen LogP contribution is 2.14. The fraction of sp³-hybridized carbons (Fsp3) is 0.364. The summed E-state index contributed by atoms with van der Waals surface area (Å²) in [4.78, 5) is 10.9. The standard InChI is InChI=1S/C11H13BrO3/c1-15-7-9(11(13)14)6-8-2-4-10(12)5-3-8/h2-5,9H,6-7H2,1H3,(H,13,14). The van der Waals surface area contributed by atoms with Crippen molar-refractivity contribution in [3.63, 3.8) is 0 Å². The van der Waals surface area contributed by atoms with E-state index in [0.29, 0.717) is 6.42 Å². The summed E-state index contributed by atoms with van der Waals surface area (Å²) in [7, 11) is 1.51. The third-order valence-electron chi connectivity index (χ3n) is 2.11. The molecule has 0 aliphatic heterocycles. The van der Waals surface area contributed by atoms with Gasteiger partial charge in [-0.05, 0) is 24.1 Å². The molecule has 1 aromatic carbocycles. The Hall–Kier alpha value is -0.870. The lowest BCUT2D eigenvalue weighted by Gasteiger charge is -2.10. The van der Waals surface area contributed by atoms with Gasteiger partial charge in [-0.15, -0.1) is 0 Å². The van der Waals surface area contributed by atoms with E-state index in [0.717, 1.165) is 10.0 Å². The van der Waals surface area contributed by atoms with Crippen molar-refractivity contribution >= 4 is 21.9 Å². The highest BCUT2D eigenvalue weighted by molar-refractivity contribution is 9.10. The predicted octanol–water partition coefficient (Wildman–Crippen LogP) is 2.34. The van der Waals surface area contributed by atoms with E-state index < -0.39 is 11.9 Å². The molecule has 0 saturated carbocycles. The Morgan fingerprint density at radius 3 is 2.53 bits per heavy atom. The van der Waals surface area contributed by atoms with Gasteiger partial charge in [-0.3, -0.25) is 4.79 Å². The van der Waals surface area contributed by atoms with Crippen molar-refractivity contribution in [1.29, 1.82) is 0 Å². The molecule has 1 unspecified atom stereocenters. The number of carbonyl (C=O) groups is 1. The van der Waals surface area contributed by atoms with Crippen LogP contribution in [0.3, 0.4) is 0 Å². The van der Waals surface area contributed by atoms with E-state index in [1.165, 1.54) is 7.11 Å².